The molecule has 1 saturated heterocycles. The van der Waals surface area contributed by atoms with Crippen LogP contribution in [-0.4, -0.2) is 36.5 Å². The monoisotopic (exact) mass is 257 g/mol. The van der Waals surface area contributed by atoms with Gasteiger partial charge in [0.2, 0.25) is 0 Å². The molecule has 1 aromatic rings. The summed E-state index contributed by atoms with van der Waals surface area (Å²) in [5.74, 6) is -0.0730. The second-order valence-electron chi connectivity index (χ2n) is 5.07. The first-order chi connectivity index (χ1) is 9.19. The van der Waals surface area contributed by atoms with Gasteiger partial charge in [0.05, 0.1) is 11.6 Å². The molecular formula is C15H19N3O. The van der Waals surface area contributed by atoms with E-state index in [1.165, 1.54) is 12.8 Å². The molecule has 0 spiro atoms. The first-order valence-electron chi connectivity index (χ1n) is 6.72. The number of benzene rings is 1. The topological polar surface area (TPSA) is 56.1 Å². The van der Waals surface area contributed by atoms with Gasteiger partial charge >= 0.3 is 0 Å². The Kier molecular flexibility index (Phi) is 4.53. The highest BCUT2D eigenvalue weighted by Crippen LogP contribution is 2.08. The van der Waals surface area contributed by atoms with Gasteiger partial charge in [-0.3, -0.25) is 4.79 Å². The molecule has 2 rings (SSSR count). The largest absolute Gasteiger partial charge is 0.348 e. The van der Waals surface area contributed by atoms with Crippen LogP contribution in [0.5, 0.6) is 0 Å². The minimum absolute atomic E-state index is 0.0730. The van der Waals surface area contributed by atoms with Crippen molar-refractivity contribution in [1.82, 2.24) is 10.2 Å². The van der Waals surface area contributed by atoms with Crippen molar-refractivity contribution in [2.45, 2.75) is 25.8 Å². The van der Waals surface area contributed by atoms with Crippen molar-refractivity contribution in [3.05, 3.63) is 35.4 Å². The predicted molar refractivity (Wildman–Crippen MR) is 73.8 cm³/mol. The average molecular weight is 257 g/mol. The van der Waals surface area contributed by atoms with Gasteiger partial charge in [0.1, 0.15) is 0 Å². The van der Waals surface area contributed by atoms with E-state index in [4.69, 9.17) is 5.26 Å². The maximum Gasteiger partial charge on any atom is 0.251 e. The third-order valence-electron chi connectivity index (χ3n) is 3.38. The van der Waals surface area contributed by atoms with Crippen LogP contribution < -0.4 is 5.32 Å². The standard InChI is InChI=1S/C15H19N3O/c1-12(11-18-8-2-3-9-18)17-15(19)14-6-4-13(10-16)5-7-14/h4-7,12H,2-3,8-9,11H2,1H3,(H,17,19). The van der Waals surface area contributed by atoms with E-state index < -0.39 is 0 Å². The van der Waals surface area contributed by atoms with Crippen molar-refractivity contribution >= 4 is 5.91 Å². The van der Waals surface area contributed by atoms with E-state index in [-0.39, 0.29) is 11.9 Å². The number of rotatable bonds is 4. The molecule has 0 aromatic heterocycles. The number of hydrogen-bond donors (Lipinski definition) is 1. The van der Waals surface area contributed by atoms with Gasteiger partial charge in [-0.2, -0.15) is 5.26 Å². The zero-order valence-electron chi connectivity index (χ0n) is 11.2. The molecule has 0 bridgehead atoms. The van der Waals surface area contributed by atoms with Crippen LogP contribution in [0.2, 0.25) is 0 Å². The fourth-order valence-electron chi connectivity index (χ4n) is 2.40. The number of carbonyl (C=O) groups excluding carboxylic acids is 1. The van der Waals surface area contributed by atoms with Crippen LogP contribution in [0.1, 0.15) is 35.7 Å². The minimum atomic E-state index is -0.0730. The van der Waals surface area contributed by atoms with Gasteiger partial charge in [0.15, 0.2) is 0 Å². The summed E-state index contributed by atoms with van der Waals surface area (Å²) in [5.41, 5.74) is 1.17. The lowest BCUT2D eigenvalue weighted by Gasteiger charge is -2.21. The fourth-order valence-corrected chi connectivity index (χ4v) is 2.40. The molecular weight excluding hydrogens is 238 g/mol. The molecule has 19 heavy (non-hydrogen) atoms. The van der Waals surface area contributed by atoms with Crippen molar-refractivity contribution in [2.24, 2.45) is 0 Å². The maximum atomic E-state index is 12.0. The van der Waals surface area contributed by atoms with Crippen LogP contribution in [0.3, 0.4) is 0 Å². The van der Waals surface area contributed by atoms with E-state index in [9.17, 15) is 4.79 Å². The molecule has 0 radical (unpaired) electrons. The zero-order valence-corrected chi connectivity index (χ0v) is 11.2. The highest BCUT2D eigenvalue weighted by molar-refractivity contribution is 5.94. The molecule has 1 atom stereocenters. The van der Waals surface area contributed by atoms with Gasteiger partial charge in [0, 0.05) is 18.2 Å². The number of nitriles is 1. The Balaban J connectivity index is 1.86. The molecule has 0 saturated carbocycles. The lowest BCUT2D eigenvalue weighted by Crippen LogP contribution is -2.41. The molecule has 1 amide bonds. The maximum absolute atomic E-state index is 12.0. The lowest BCUT2D eigenvalue weighted by atomic mass is 10.1. The number of nitrogens with one attached hydrogen (secondary N) is 1. The summed E-state index contributed by atoms with van der Waals surface area (Å²) in [4.78, 5) is 14.4. The number of hydrogen-bond acceptors (Lipinski definition) is 3. The van der Waals surface area contributed by atoms with Crippen molar-refractivity contribution < 1.29 is 4.79 Å². The highest BCUT2D eigenvalue weighted by Gasteiger charge is 2.16. The van der Waals surface area contributed by atoms with Crippen molar-refractivity contribution in [1.29, 1.82) is 5.26 Å². The van der Waals surface area contributed by atoms with Gasteiger partial charge in [-0.15, -0.1) is 0 Å². The SMILES string of the molecule is CC(CN1CCCC1)NC(=O)c1ccc(C#N)cc1. The number of nitrogens with zero attached hydrogens (tertiary/aromatic N) is 2. The van der Waals surface area contributed by atoms with Crippen LogP contribution in [-0.2, 0) is 0 Å². The normalized spacial score (nSPS) is 16.8. The van der Waals surface area contributed by atoms with Crippen LogP contribution >= 0.6 is 0 Å². The Bertz CT molecular complexity index is 469. The summed E-state index contributed by atoms with van der Waals surface area (Å²) < 4.78 is 0. The molecule has 1 aliphatic rings. The first-order valence-corrected chi connectivity index (χ1v) is 6.72. The molecule has 4 heteroatoms. The summed E-state index contributed by atoms with van der Waals surface area (Å²) in [6.07, 6.45) is 2.52. The van der Waals surface area contributed by atoms with E-state index in [2.05, 4.69) is 10.2 Å². The zero-order chi connectivity index (χ0) is 13.7. The molecule has 1 N–H and O–H groups in total. The third kappa shape index (κ3) is 3.80. The summed E-state index contributed by atoms with van der Waals surface area (Å²) in [7, 11) is 0. The Morgan fingerprint density at radius 3 is 2.58 bits per heavy atom. The number of carbonyl (C=O) groups is 1. The fraction of sp³-hybridized carbons (Fsp3) is 0.467. The van der Waals surface area contributed by atoms with Gasteiger partial charge in [-0.1, -0.05) is 0 Å². The quantitative estimate of drug-likeness (QED) is 0.894. The molecule has 1 aliphatic heterocycles. The molecule has 4 nitrogen and oxygen atoms in total. The second-order valence-corrected chi connectivity index (χ2v) is 5.07. The van der Waals surface area contributed by atoms with Crippen molar-refractivity contribution in [3.63, 3.8) is 0 Å². The van der Waals surface area contributed by atoms with Gasteiger partial charge in [-0.05, 0) is 57.1 Å². The predicted octanol–water partition coefficient (Wildman–Crippen LogP) is 1.77. The van der Waals surface area contributed by atoms with E-state index in [0.717, 1.165) is 19.6 Å². The number of likely N-dealkylation sites (tertiary alicyclic amines) is 1. The Hall–Kier alpha value is -1.86. The van der Waals surface area contributed by atoms with Crippen molar-refractivity contribution in [3.8, 4) is 6.07 Å². The highest BCUT2D eigenvalue weighted by atomic mass is 16.1. The second kappa shape index (κ2) is 6.35. The van der Waals surface area contributed by atoms with E-state index >= 15 is 0 Å². The van der Waals surface area contributed by atoms with Crippen LogP contribution in [0.15, 0.2) is 24.3 Å². The number of amides is 1. The van der Waals surface area contributed by atoms with Crippen molar-refractivity contribution in [2.75, 3.05) is 19.6 Å². The summed E-state index contributed by atoms with van der Waals surface area (Å²) in [6.45, 7) is 5.20. The van der Waals surface area contributed by atoms with Crippen LogP contribution in [0, 0.1) is 11.3 Å². The summed E-state index contributed by atoms with van der Waals surface area (Å²) in [5, 5.41) is 11.7. The average Bonchev–Trinajstić information content (AvgIpc) is 2.91. The van der Waals surface area contributed by atoms with Gasteiger partial charge in [-0.25, -0.2) is 0 Å². The van der Waals surface area contributed by atoms with E-state index in [1.54, 1.807) is 24.3 Å². The summed E-state index contributed by atoms with van der Waals surface area (Å²) >= 11 is 0. The first kappa shape index (κ1) is 13.6. The Morgan fingerprint density at radius 2 is 2.00 bits per heavy atom. The molecule has 1 heterocycles. The van der Waals surface area contributed by atoms with Crippen LogP contribution in [0.4, 0.5) is 0 Å². The van der Waals surface area contributed by atoms with E-state index in [0.29, 0.717) is 11.1 Å². The van der Waals surface area contributed by atoms with E-state index in [1.807, 2.05) is 13.0 Å². The van der Waals surface area contributed by atoms with Gasteiger partial charge in [0.25, 0.3) is 5.91 Å². The molecule has 0 aliphatic carbocycles. The molecule has 100 valence electrons. The summed E-state index contributed by atoms with van der Waals surface area (Å²) in [6, 6.07) is 8.90. The Labute approximate surface area is 114 Å². The minimum Gasteiger partial charge on any atom is -0.348 e. The molecule has 1 unspecified atom stereocenters. The molecule has 1 aromatic carbocycles. The lowest BCUT2D eigenvalue weighted by molar-refractivity contribution is 0.0932. The molecule has 1 fully saturated rings. The smallest absolute Gasteiger partial charge is 0.251 e. The Morgan fingerprint density at radius 1 is 1.37 bits per heavy atom. The van der Waals surface area contributed by atoms with Crippen LogP contribution in [0.25, 0.3) is 0 Å². The van der Waals surface area contributed by atoms with Gasteiger partial charge < -0.3 is 10.2 Å². The third-order valence-corrected chi connectivity index (χ3v) is 3.38.